The van der Waals surface area contributed by atoms with Gasteiger partial charge in [-0.15, -0.1) is 5.10 Å². The van der Waals surface area contributed by atoms with Crippen LogP contribution in [0.25, 0.3) is 16.7 Å². The van der Waals surface area contributed by atoms with E-state index in [1.165, 1.54) is 17.3 Å². The second kappa shape index (κ2) is 8.55. The van der Waals surface area contributed by atoms with Crippen molar-refractivity contribution in [1.82, 2.24) is 20.2 Å². The van der Waals surface area contributed by atoms with Gasteiger partial charge in [0.05, 0.1) is 7.11 Å². The summed E-state index contributed by atoms with van der Waals surface area (Å²) in [5.41, 5.74) is 5.33. The SMILES string of the molecule is COc1ccc(C)cc1-n1nnnc1SCc1cc(=O)oc2cc(C)c(C(C)C)cc12. The van der Waals surface area contributed by atoms with Crippen LogP contribution in [0.4, 0.5) is 0 Å². The average Bonchev–Trinajstić information content (AvgIpc) is 3.19. The van der Waals surface area contributed by atoms with Gasteiger partial charge in [-0.3, -0.25) is 0 Å². The summed E-state index contributed by atoms with van der Waals surface area (Å²) in [6.07, 6.45) is 0. The lowest BCUT2D eigenvalue weighted by Crippen LogP contribution is -2.04. The summed E-state index contributed by atoms with van der Waals surface area (Å²) in [4.78, 5) is 12.2. The topological polar surface area (TPSA) is 83.0 Å². The van der Waals surface area contributed by atoms with Gasteiger partial charge in [-0.1, -0.05) is 31.7 Å². The third kappa shape index (κ3) is 4.20. The summed E-state index contributed by atoms with van der Waals surface area (Å²) >= 11 is 1.46. The molecule has 0 atom stereocenters. The van der Waals surface area contributed by atoms with Crippen LogP contribution < -0.4 is 10.4 Å². The van der Waals surface area contributed by atoms with Crippen LogP contribution in [0.15, 0.2) is 50.8 Å². The number of hydrogen-bond acceptors (Lipinski definition) is 7. The van der Waals surface area contributed by atoms with E-state index >= 15 is 0 Å². The summed E-state index contributed by atoms with van der Waals surface area (Å²) < 4.78 is 12.6. The average molecular weight is 437 g/mol. The first-order valence-electron chi connectivity index (χ1n) is 10.0. The van der Waals surface area contributed by atoms with Gasteiger partial charge in [-0.2, -0.15) is 4.68 Å². The Morgan fingerprint density at radius 2 is 1.97 bits per heavy atom. The van der Waals surface area contributed by atoms with Crippen LogP contribution in [0.5, 0.6) is 5.75 Å². The Morgan fingerprint density at radius 1 is 1.16 bits per heavy atom. The molecular weight excluding hydrogens is 412 g/mol. The zero-order chi connectivity index (χ0) is 22.1. The molecule has 0 spiro atoms. The first-order chi connectivity index (χ1) is 14.9. The normalized spacial score (nSPS) is 11.4. The minimum Gasteiger partial charge on any atom is -0.494 e. The van der Waals surface area contributed by atoms with Crippen LogP contribution in [0.2, 0.25) is 0 Å². The molecule has 0 unspecified atom stereocenters. The van der Waals surface area contributed by atoms with E-state index in [4.69, 9.17) is 9.15 Å². The molecule has 0 fully saturated rings. The highest BCUT2D eigenvalue weighted by molar-refractivity contribution is 7.98. The maximum Gasteiger partial charge on any atom is 0.336 e. The van der Waals surface area contributed by atoms with Gasteiger partial charge >= 0.3 is 5.63 Å². The molecule has 7 nitrogen and oxygen atoms in total. The fourth-order valence-corrected chi connectivity index (χ4v) is 4.54. The maximum absolute atomic E-state index is 12.2. The Balaban J connectivity index is 1.72. The molecule has 0 aliphatic heterocycles. The van der Waals surface area contributed by atoms with Crippen molar-refractivity contribution in [3.8, 4) is 11.4 Å². The lowest BCUT2D eigenvalue weighted by Gasteiger charge is -2.13. The van der Waals surface area contributed by atoms with Crippen LogP contribution in [0.1, 0.15) is 42.0 Å². The molecule has 0 saturated heterocycles. The van der Waals surface area contributed by atoms with Crippen LogP contribution in [-0.4, -0.2) is 27.3 Å². The first-order valence-corrected chi connectivity index (χ1v) is 11.0. The van der Waals surface area contributed by atoms with E-state index in [-0.39, 0.29) is 5.63 Å². The smallest absolute Gasteiger partial charge is 0.336 e. The molecule has 160 valence electrons. The minimum atomic E-state index is -0.361. The van der Waals surface area contributed by atoms with E-state index < -0.39 is 0 Å². The predicted molar refractivity (Wildman–Crippen MR) is 121 cm³/mol. The fraction of sp³-hybridized carbons (Fsp3) is 0.304. The monoisotopic (exact) mass is 436 g/mol. The second-order valence-corrected chi connectivity index (χ2v) is 8.73. The molecule has 0 aliphatic rings. The van der Waals surface area contributed by atoms with Crippen molar-refractivity contribution in [2.45, 2.75) is 44.5 Å². The summed E-state index contributed by atoms with van der Waals surface area (Å²) in [5.74, 6) is 1.58. The number of aromatic nitrogens is 4. The number of methoxy groups -OCH3 is 1. The minimum absolute atomic E-state index is 0.361. The Bertz CT molecular complexity index is 1310. The molecule has 0 bridgehead atoms. The van der Waals surface area contributed by atoms with Crippen molar-refractivity contribution in [2.24, 2.45) is 0 Å². The Hall–Kier alpha value is -3.13. The summed E-state index contributed by atoms with van der Waals surface area (Å²) in [5, 5.41) is 13.7. The lowest BCUT2D eigenvalue weighted by molar-refractivity contribution is 0.410. The Labute approximate surface area is 184 Å². The van der Waals surface area contributed by atoms with Crippen LogP contribution in [0.3, 0.4) is 0 Å². The molecule has 2 aromatic carbocycles. The molecule has 0 radical (unpaired) electrons. The number of thioether (sulfide) groups is 1. The largest absolute Gasteiger partial charge is 0.494 e. The van der Waals surface area contributed by atoms with Gasteiger partial charge in [-0.25, -0.2) is 4.79 Å². The number of tetrazole rings is 1. The Kier molecular flexibility index (Phi) is 5.82. The van der Waals surface area contributed by atoms with Crippen LogP contribution in [0, 0.1) is 13.8 Å². The molecule has 2 heterocycles. The highest BCUT2D eigenvalue weighted by Crippen LogP contribution is 2.32. The van der Waals surface area contributed by atoms with Gasteiger partial charge in [0.1, 0.15) is 17.0 Å². The van der Waals surface area contributed by atoms with Gasteiger partial charge in [0.2, 0.25) is 5.16 Å². The molecule has 8 heteroatoms. The molecule has 2 aromatic heterocycles. The van der Waals surface area contributed by atoms with Crippen molar-refractivity contribution in [3.63, 3.8) is 0 Å². The van der Waals surface area contributed by atoms with Crippen LogP contribution in [-0.2, 0) is 5.75 Å². The molecule has 31 heavy (non-hydrogen) atoms. The molecule has 0 saturated carbocycles. The van der Waals surface area contributed by atoms with E-state index in [0.29, 0.717) is 28.2 Å². The summed E-state index contributed by atoms with van der Waals surface area (Å²) in [6, 6.07) is 11.5. The molecule has 0 amide bonds. The van der Waals surface area contributed by atoms with E-state index in [1.54, 1.807) is 17.9 Å². The predicted octanol–water partition coefficient (Wildman–Crippen LogP) is 4.81. The van der Waals surface area contributed by atoms with Crippen molar-refractivity contribution < 1.29 is 9.15 Å². The van der Waals surface area contributed by atoms with Crippen LogP contribution >= 0.6 is 11.8 Å². The zero-order valence-electron chi connectivity index (χ0n) is 18.2. The van der Waals surface area contributed by atoms with E-state index in [1.807, 2.05) is 38.1 Å². The summed E-state index contributed by atoms with van der Waals surface area (Å²) in [7, 11) is 1.62. The third-order valence-electron chi connectivity index (χ3n) is 5.20. The van der Waals surface area contributed by atoms with Crippen molar-refractivity contribution in [1.29, 1.82) is 0 Å². The third-order valence-corrected chi connectivity index (χ3v) is 6.17. The number of fused-ring (bicyclic) bond motifs is 1. The van der Waals surface area contributed by atoms with Crippen molar-refractivity contribution in [3.05, 3.63) is 69.1 Å². The fourth-order valence-electron chi connectivity index (χ4n) is 3.66. The highest BCUT2D eigenvalue weighted by Gasteiger charge is 2.16. The number of hydrogen-bond donors (Lipinski definition) is 0. The van der Waals surface area contributed by atoms with E-state index in [0.717, 1.165) is 27.8 Å². The quantitative estimate of drug-likeness (QED) is 0.317. The molecule has 0 N–H and O–H groups in total. The number of aryl methyl sites for hydroxylation is 2. The van der Waals surface area contributed by atoms with E-state index in [2.05, 4.69) is 35.4 Å². The number of nitrogens with zero attached hydrogens (tertiary/aromatic N) is 4. The molecule has 4 aromatic rings. The van der Waals surface area contributed by atoms with Gasteiger partial charge < -0.3 is 9.15 Å². The van der Waals surface area contributed by atoms with Gasteiger partial charge in [0.15, 0.2) is 0 Å². The maximum atomic E-state index is 12.2. The van der Waals surface area contributed by atoms with Gasteiger partial charge in [0, 0.05) is 17.2 Å². The molecular formula is C23H24N4O3S. The Morgan fingerprint density at radius 3 is 2.71 bits per heavy atom. The lowest BCUT2D eigenvalue weighted by atomic mass is 9.95. The van der Waals surface area contributed by atoms with E-state index in [9.17, 15) is 4.79 Å². The molecule has 4 rings (SSSR count). The number of benzene rings is 2. The second-order valence-electron chi connectivity index (χ2n) is 7.79. The standard InChI is InChI=1S/C23H24N4O3S/c1-13(2)17-11-18-16(10-22(28)30-21(18)9-15(17)4)12-31-23-24-25-26-27(23)19-8-14(3)6-7-20(19)29-5/h6-11,13H,12H2,1-5H3. The first kappa shape index (κ1) is 21.1. The van der Waals surface area contributed by atoms with Crippen molar-refractivity contribution >= 4 is 22.7 Å². The highest BCUT2D eigenvalue weighted by atomic mass is 32.2. The van der Waals surface area contributed by atoms with Gasteiger partial charge in [0.25, 0.3) is 0 Å². The number of ether oxygens (including phenoxy) is 1. The number of rotatable bonds is 6. The molecule has 0 aliphatic carbocycles. The van der Waals surface area contributed by atoms with Gasteiger partial charge in [-0.05, 0) is 76.7 Å². The van der Waals surface area contributed by atoms with Crippen molar-refractivity contribution in [2.75, 3.05) is 7.11 Å². The summed E-state index contributed by atoms with van der Waals surface area (Å²) in [6.45, 7) is 8.36. The zero-order valence-corrected chi connectivity index (χ0v) is 19.0.